The number of imide groups is 1. The van der Waals surface area contributed by atoms with Crippen molar-refractivity contribution in [1.82, 2.24) is 10.2 Å². The predicted octanol–water partition coefficient (Wildman–Crippen LogP) is 1.75. The van der Waals surface area contributed by atoms with E-state index in [4.69, 9.17) is 0 Å². The normalized spacial score (nSPS) is 27.9. The minimum Gasteiger partial charge on any atom is -0.327 e. The van der Waals surface area contributed by atoms with Crippen LogP contribution in [0.15, 0.2) is 0 Å². The van der Waals surface area contributed by atoms with E-state index in [1.54, 1.807) is 4.90 Å². The first-order chi connectivity index (χ1) is 10.2. The fourth-order valence-electron chi connectivity index (χ4n) is 3.62. The van der Waals surface area contributed by atoms with Gasteiger partial charge in [0.15, 0.2) is 0 Å². The summed E-state index contributed by atoms with van der Waals surface area (Å²) in [5.74, 6) is -0.365. The molecule has 1 N–H and O–H groups in total. The third-order valence-corrected chi connectivity index (χ3v) is 4.93. The SMILES string of the molecule is O=C1C[C@H](N(C(=O)C2CCCCCCC2)C2CC2)C(=O)N1. The summed E-state index contributed by atoms with van der Waals surface area (Å²) in [4.78, 5) is 38.1. The number of nitrogens with one attached hydrogen (secondary N) is 1. The van der Waals surface area contributed by atoms with Gasteiger partial charge in [-0.25, -0.2) is 0 Å². The predicted molar refractivity (Wildman–Crippen MR) is 77.2 cm³/mol. The first-order valence-corrected chi connectivity index (χ1v) is 8.32. The number of rotatable bonds is 3. The Morgan fingerprint density at radius 1 is 0.952 bits per heavy atom. The topological polar surface area (TPSA) is 66.5 Å². The Hall–Kier alpha value is -1.39. The number of carbonyl (C=O) groups excluding carboxylic acids is 3. The summed E-state index contributed by atoms with van der Waals surface area (Å²) in [7, 11) is 0. The number of hydrogen-bond donors (Lipinski definition) is 1. The van der Waals surface area contributed by atoms with Crippen LogP contribution in [0.3, 0.4) is 0 Å². The van der Waals surface area contributed by atoms with E-state index >= 15 is 0 Å². The van der Waals surface area contributed by atoms with Crippen LogP contribution in [0.2, 0.25) is 0 Å². The van der Waals surface area contributed by atoms with Gasteiger partial charge in [-0.2, -0.15) is 0 Å². The maximum Gasteiger partial charge on any atom is 0.249 e. The highest BCUT2D eigenvalue weighted by Gasteiger charge is 2.45. The lowest BCUT2D eigenvalue weighted by molar-refractivity contribution is -0.143. The molecule has 5 heteroatoms. The lowest BCUT2D eigenvalue weighted by Gasteiger charge is -2.31. The van der Waals surface area contributed by atoms with Crippen LogP contribution >= 0.6 is 0 Å². The number of nitrogens with zero attached hydrogens (tertiary/aromatic N) is 1. The standard InChI is InChI=1S/C16H24N2O3/c19-14-10-13(15(20)17-14)18(12-8-9-12)16(21)11-6-4-2-1-3-5-7-11/h11-13H,1-10H2,(H,17,19,20)/t13-/m0/s1. The smallest absolute Gasteiger partial charge is 0.249 e. The summed E-state index contributed by atoms with van der Waals surface area (Å²) in [5, 5.41) is 2.34. The highest BCUT2D eigenvalue weighted by Crippen LogP contribution is 2.34. The summed E-state index contributed by atoms with van der Waals surface area (Å²) in [6.45, 7) is 0. The molecule has 3 aliphatic rings. The van der Waals surface area contributed by atoms with Gasteiger partial charge in [0.05, 0.1) is 6.42 Å². The molecule has 3 fully saturated rings. The molecule has 0 bridgehead atoms. The van der Waals surface area contributed by atoms with E-state index < -0.39 is 6.04 Å². The van der Waals surface area contributed by atoms with Crippen LogP contribution in [0.25, 0.3) is 0 Å². The number of amides is 3. The molecule has 0 aromatic heterocycles. The molecule has 1 saturated heterocycles. The van der Waals surface area contributed by atoms with Crippen molar-refractivity contribution in [2.75, 3.05) is 0 Å². The number of hydrogen-bond acceptors (Lipinski definition) is 3. The average molecular weight is 292 g/mol. The third kappa shape index (κ3) is 3.27. The quantitative estimate of drug-likeness (QED) is 0.806. The van der Waals surface area contributed by atoms with Gasteiger partial charge >= 0.3 is 0 Å². The van der Waals surface area contributed by atoms with Gasteiger partial charge in [0, 0.05) is 12.0 Å². The van der Waals surface area contributed by atoms with Crippen molar-refractivity contribution in [3.05, 3.63) is 0 Å². The Labute approximate surface area is 125 Å². The van der Waals surface area contributed by atoms with Crippen LogP contribution in [-0.2, 0) is 14.4 Å². The second-order valence-corrected chi connectivity index (χ2v) is 6.65. The molecule has 2 saturated carbocycles. The Balaban J connectivity index is 1.72. The molecular formula is C16H24N2O3. The summed E-state index contributed by atoms with van der Waals surface area (Å²) in [5.41, 5.74) is 0. The van der Waals surface area contributed by atoms with E-state index in [0.29, 0.717) is 0 Å². The van der Waals surface area contributed by atoms with E-state index in [-0.39, 0.29) is 36.1 Å². The maximum atomic E-state index is 12.9. The van der Waals surface area contributed by atoms with Crippen molar-refractivity contribution < 1.29 is 14.4 Å². The van der Waals surface area contributed by atoms with Crippen molar-refractivity contribution in [1.29, 1.82) is 0 Å². The third-order valence-electron chi connectivity index (χ3n) is 4.93. The zero-order valence-electron chi connectivity index (χ0n) is 12.5. The monoisotopic (exact) mass is 292 g/mol. The molecule has 116 valence electrons. The molecule has 1 aliphatic heterocycles. The van der Waals surface area contributed by atoms with Gasteiger partial charge in [-0.05, 0) is 25.7 Å². The zero-order valence-corrected chi connectivity index (χ0v) is 12.5. The van der Waals surface area contributed by atoms with Gasteiger partial charge in [-0.3, -0.25) is 19.7 Å². The fourth-order valence-corrected chi connectivity index (χ4v) is 3.62. The maximum absolute atomic E-state index is 12.9. The molecule has 0 spiro atoms. The van der Waals surface area contributed by atoms with Gasteiger partial charge in [-0.1, -0.05) is 32.1 Å². The minimum absolute atomic E-state index is 0.0504. The lowest BCUT2D eigenvalue weighted by Crippen LogP contribution is -2.48. The fraction of sp³-hybridized carbons (Fsp3) is 0.812. The van der Waals surface area contributed by atoms with Gasteiger partial charge in [0.25, 0.3) is 0 Å². The van der Waals surface area contributed by atoms with E-state index in [2.05, 4.69) is 5.32 Å². The zero-order chi connectivity index (χ0) is 14.8. The van der Waals surface area contributed by atoms with Crippen molar-refractivity contribution in [3.63, 3.8) is 0 Å². The molecule has 3 rings (SSSR count). The van der Waals surface area contributed by atoms with Gasteiger partial charge in [-0.15, -0.1) is 0 Å². The lowest BCUT2D eigenvalue weighted by atomic mass is 9.89. The first kappa shape index (κ1) is 14.5. The van der Waals surface area contributed by atoms with Crippen LogP contribution < -0.4 is 5.32 Å². The molecule has 0 radical (unpaired) electrons. The molecule has 0 unspecified atom stereocenters. The van der Waals surface area contributed by atoms with Crippen LogP contribution in [0.5, 0.6) is 0 Å². The first-order valence-electron chi connectivity index (χ1n) is 8.32. The Morgan fingerprint density at radius 2 is 1.57 bits per heavy atom. The summed E-state index contributed by atoms with van der Waals surface area (Å²) < 4.78 is 0. The van der Waals surface area contributed by atoms with Crippen molar-refractivity contribution in [2.24, 2.45) is 5.92 Å². The molecule has 5 nitrogen and oxygen atoms in total. The van der Waals surface area contributed by atoms with Crippen LogP contribution in [-0.4, -0.2) is 34.7 Å². The summed E-state index contributed by atoms with van der Waals surface area (Å²) in [6, 6.07) is -0.368. The van der Waals surface area contributed by atoms with Crippen molar-refractivity contribution in [3.8, 4) is 0 Å². The van der Waals surface area contributed by atoms with E-state index in [0.717, 1.165) is 38.5 Å². The van der Waals surface area contributed by atoms with E-state index in [9.17, 15) is 14.4 Å². The van der Waals surface area contributed by atoms with Crippen molar-refractivity contribution in [2.45, 2.75) is 76.3 Å². The van der Waals surface area contributed by atoms with Crippen LogP contribution in [0.4, 0.5) is 0 Å². The molecule has 0 aromatic rings. The van der Waals surface area contributed by atoms with E-state index in [1.165, 1.54) is 19.3 Å². The second kappa shape index (κ2) is 6.16. The molecule has 1 heterocycles. The molecule has 1 atom stereocenters. The molecule has 0 aromatic carbocycles. The molecular weight excluding hydrogens is 268 g/mol. The molecule has 21 heavy (non-hydrogen) atoms. The highest BCUT2D eigenvalue weighted by molar-refractivity contribution is 6.07. The van der Waals surface area contributed by atoms with Gasteiger partial charge in [0.1, 0.15) is 6.04 Å². The van der Waals surface area contributed by atoms with Gasteiger partial charge in [0.2, 0.25) is 17.7 Å². The summed E-state index contributed by atoms with van der Waals surface area (Å²) >= 11 is 0. The largest absolute Gasteiger partial charge is 0.327 e. The molecule has 2 aliphatic carbocycles. The minimum atomic E-state index is -0.553. The number of carbonyl (C=O) groups is 3. The van der Waals surface area contributed by atoms with Crippen molar-refractivity contribution >= 4 is 17.7 Å². The van der Waals surface area contributed by atoms with Crippen LogP contribution in [0.1, 0.15) is 64.2 Å². The Bertz CT molecular complexity index is 437. The van der Waals surface area contributed by atoms with Crippen LogP contribution in [0, 0.1) is 5.92 Å². The Kier molecular flexibility index (Phi) is 4.27. The Morgan fingerprint density at radius 3 is 2.10 bits per heavy atom. The van der Waals surface area contributed by atoms with E-state index in [1.807, 2.05) is 0 Å². The average Bonchev–Trinajstić information content (AvgIpc) is 3.16. The molecule has 3 amide bonds. The second-order valence-electron chi connectivity index (χ2n) is 6.65. The highest BCUT2D eigenvalue weighted by atomic mass is 16.2. The van der Waals surface area contributed by atoms with Gasteiger partial charge < -0.3 is 4.90 Å². The summed E-state index contributed by atoms with van der Waals surface area (Å²) in [6.07, 6.45) is 9.84.